The lowest BCUT2D eigenvalue weighted by Gasteiger charge is -2.19. The van der Waals surface area contributed by atoms with Gasteiger partial charge in [0.05, 0.1) is 12.5 Å². The van der Waals surface area contributed by atoms with E-state index in [-0.39, 0.29) is 18.9 Å². The van der Waals surface area contributed by atoms with Crippen molar-refractivity contribution in [2.75, 3.05) is 11.9 Å². The van der Waals surface area contributed by atoms with E-state index in [1.54, 1.807) is 11.3 Å². The maximum Gasteiger partial charge on any atom is 0.319 e. The number of hydrogen-bond acceptors (Lipinski definition) is 4. The van der Waals surface area contributed by atoms with Crippen molar-refractivity contribution in [1.82, 2.24) is 10.6 Å². The fourth-order valence-electron chi connectivity index (χ4n) is 3.96. The second-order valence-corrected chi connectivity index (χ2v) is 8.56. The molecule has 0 aliphatic heterocycles. The number of nitrogens with one attached hydrogen (secondary N) is 3. The number of amides is 3. The lowest BCUT2D eigenvalue weighted by molar-refractivity contribution is -0.122. The second-order valence-electron chi connectivity index (χ2n) is 7.65. The summed E-state index contributed by atoms with van der Waals surface area (Å²) in [5.74, 6) is -0.297. The maximum absolute atomic E-state index is 12.8. The summed E-state index contributed by atoms with van der Waals surface area (Å²) in [6, 6.07) is 14.8. The van der Waals surface area contributed by atoms with Gasteiger partial charge in [0.25, 0.3) is 0 Å². The number of fused-ring (bicyclic) bond motifs is 2. The molecule has 0 radical (unpaired) electrons. The van der Waals surface area contributed by atoms with Gasteiger partial charge in [-0.3, -0.25) is 4.79 Å². The van der Waals surface area contributed by atoms with Gasteiger partial charge in [-0.2, -0.15) is 5.26 Å². The van der Waals surface area contributed by atoms with Gasteiger partial charge in [0.1, 0.15) is 6.04 Å². The minimum Gasteiger partial charge on any atom is -0.353 e. The third-order valence-corrected chi connectivity index (χ3v) is 6.51. The number of nitrogens with zero attached hydrogens (tertiary/aromatic N) is 1. The normalized spacial score (nSPS) is 13.3. The molecule has 2 aromatic carbocycles. The highest BCUT2D eigenvalue weighted by Gasteiger charge is 2.23. The highest BCUT2D eigenvalue weighted by molar-refractivity contribution is 7.17. The van der Waals surface area contributed by atoms with Gasteiger partial charge in [0, 0.05) is 23.4 Å². The summed E-state index contributed by atoms with van der Waals surface area (Å²) in [5.41, 5.74) is 4.35. The van der Waals surface area contributed by atoms with Crippen molar-refractivity contribution in [3.63, 3.8) is 0 Å². The van der Waals surface area contributed by atoms with Gasteiger partial charge >= 0.3 is 6.03 Å². The van der Waals surface area contributed by atoms with Gasteiger partial charge in [-0.05, 0) is 64.9 Å². The first-order chi connectivity index (χ1) is 15.1. The molecule has 1 aromatic heterocycles. The van der Waals surface area contributed by atoms with Crippen LogP contribution >= 0.6 is 11.3 Å². The van der Waals surface area contributed by atoms with Crippen molar-refractivity contribution >= 4 is 39.0 Å². The number of rotatable bonds is 7. The van der Waals surface area contributed by atoms with Gasteiger partial charge in [-0.15, -0.1) is 11.3 Å². The predicted molar refractivity (Wildman–Crippen MR) is 123 cm³/mol. The zero-order valence-electron chi connectivity index (χ0n) is 17.1. The minimum absolute atomic E-state index is 0.223. The number of carbonyl (C=O) groups is 2. The molecule has 1 aliphatic carbocycles. The fraction of sp³-hybridized carbons (Fsp3) is 0.292. The average molecular weight is 433 g/mol. The van der Waals surface area contributed by atoms with Crippen LogP contribution in [0.25, 0.3) is 10.1 Å². The van der Waals surface area contributed by atoms with E-state index in [1.165, 1.54) is 11.1 Å². The van der Waals surface area contributed by atoms with Crippen molar-refractivity contribution in [1.29, 1.82) is 5.26 Å². The predicted octanol–water partition coefficient (Wildman–Crippen LogP) is 4.15. The highest BCUT2D eigenvalue weighted by atomic mass is 32.1. The number of anilines is 1. The van der Waals surface area contributed by atoms with E-state index in [0.29, 0.717) is 6.42 Å². The van der Waals surface area contributed by atoms with E-state index in [9.17, 15) is 9.59 Å². The molecule has 7 heteroatoms. The summed E-state index contributed by atoms with van der Waals surface area (Å²) in [7, 11) is 0. The molecule has 0 saturated carbocycles. The smallest absolute Gasteiger partial charge is 0.319 e. The summed E-state index contributed by atoms with van der Waals surface area (Å²) >= 11 is 1.62. The van der Waals surface area contributed by atoms with Gasteiger partial charge in [-0.25, -0.2) is 4.79 Å². The quantitative estimate of drug-likeness (QED) is 0.490. The molecule has 1 heterocycles. The summed E-state index contributed by atoms with van der Waals surface area (Å²) < 4.78 is 1.14. The molecule has 6 nitrogen and oxygen atoms in total. The monoisotopic (exact) mass is 432 g/mol. The van der Waals surface area contributed by atoms with Crippen LogP contribution in [-0.4, -0.2) is 24.5 Å². The Morgan fingerprint density at radius 2 is 1.97 bits per heavy atom. The third kappa shape index (κ3) is 5.04. The lowest BCUT2D eigenvalue weighted by Crippen LogP contribution is -2.49. The van der Waals surface area contributed by atoms with Crippen LogP contribution in [0.4, 0.5) is 10.5 Å². The SMILES string of the molecule is N#CCCNC(=O)C(Cc1csc2ccccc12)NC(=O)Nc1ccc2c(c1)CCC2. The van der Waals surface area contributed by atoms with Crippen LogP contribution in [0, 0.1) is 11.3 Å². The zero-order valence-corrected chi connectivity index (χ0v) is 17.9. The molecule has 3 aromatic rings. The van der Waals surface area contributed by atoms with Crippen LogP contribution in [0.3, 0.4) is 0 Å². The number of nitriles is 1. The van der Waals surface area contributed by atoms with E-state index < -0.39 is 12.1 Å². The highest BCUT2D eigenvalue weighted by Crippen LogP contribution is 2.27. The molecule has 0 spiro atoms. The fourth-order valence-corrected chi connectivity index (χ4v) is 4.94. The zero-order chi connectivity index (χ0) is 21.6. The van der Waals surface area contributed by atoms with Crippen LogP contribution in [-0.2, 0) is 24.1 Å². The molecule has 1 unspecified atom stereocenters. The first-order valence-electron chi connectivity index (χ1n) is 10.4. The number of aryl methyl sites for hydroxylation is 2. The Kier molecular flexibility index (Phi) is 6.48. The number of carbonyl (C=O) groups excluding carboxylic acids is 2. The van der Waals surface area contributed by atoms with Crippen LogP contribution in [0.1, 0.15) is 29.5 Å². The third-order valence-electron chi connectivity index (χ3n) is 5.50. The second kappa shape index (κ2) is 9.63. The number of hydrogen-bond donors (Lipinski definition) is 3. The van der Waals surface area contributed by atoms with E-state index in [1.807, 2.05) is 47.8 Å². The van der Waals surface area contributed by atoms with Gasteiger partial charge in [0.15, 0.2) is 0 Å². The summed E-state index contributed by atoms with van der Waals surface area (Å²) in [5, 5.41) is 20.3. The Labute approximate surface area is 185 Å². The Morgan fingerprint density at radius 3 is 2.84 bits per heavy atom. The van der Waals surface area contributed by atoms with E-state index in [4.69, 9.17) is 5.26 Å². The molecule has 1 aliphatic rings. The molecule has 0 saturated heterocycles. The molecule has 3 N–H and O–H groups in total. The Hall–Kier alpha value is -3.37. The number of thiophene rings is 1. The maximum atomic E-state index is 12.8. The molecule has 1 atom stereocenters. The van der Waals surface area contributed by atoms with Crippen molar-refractivity contribution in [2.24, 2.45) is 0 Å². The van der Waals surface area contributed by atoms with Gasteiger partial charge in [-0.1, -0.05) is 24.3 Å². The molecular formula is C24H24N4O2S. The van der Waals surface area contributed by atoms with Crippen LogP contribution in [0.15, 0.2) is 47.8 Å². The summed E-state index contributed by atoms with van der Waals surface area (Å²) in [6.45, 7) is 0.254. The molecule has 0 bridgehead atoms. The lowest BCUT2D eigenvalue weighted by atomic mass is 10.0. The van der Waals surface area contributed by atoms with Gasteiger partial charge < -0.3 is 16.0 Å². The van der Waals surface area contributed by atoms with Crippen LogP contribution in [0.2, 0.25) is 0 Å². The average Bonchev–Trinajstić information content (AvgIpc) is 3.40. The summed E-state index contributed by atoms with van der Waals surface area (Å²) in [4.78, 5) is 25.5. The van der Waals surface area contributed by atoms with Crippen molar-refractivity contribution < 1.29 is 9.59 Å². The first kappa shape index (κ1) is 20.9. The van der Waals surface area contributed by atoms with Crippen LogP contribution in [0.5, 0.6) is 0 Å². The number of benzene rings is 2. The van der Waals surface area contributed by atoms with Crippen molar-refractivity contribution in [3.05, 3.63) is 64.5 Å². The Bertz CT molecular complexity index is 1150. The largest absolute Gasteiger partial charge is 0.353 e. The van der Waals surface area contributed by atoms with Crippen molar-refractivity contribution in [3.8, 4) is 6.07 Å². The molecule has 4 rings (SSSR count). The standard InChI is InChI=1S/C24H24N4O2S/c25-11-4-12-26-23(29)21(14-18-15-31-22-8-2-1-7-20(18)22)28-24(30)27-19-10-9-16-5-3-6-17(16)13-19/h1-2,7-10,13,15,21H,3-6,12,14H2,(H,26,29)(H2,27,28,30). The van der Waals surface area contributed by atoms with E-state index in [0.717, 1.165) is 40.6 Å². The Balaban J connectivity index is 1.47. The molecular weight excluding hydrogens is 408 g/mol. The van der Waals surface area contributed by atoms with Crippen LogP contribution < -0.4 is 16.0 Å². The molecule has 158 valence electrons. The topological polar surface area (TPSA) is 94.0 Å². The van der Waals surface area contributed by atoms with E-state index in [2.05, 4.69) is 22.0 Å². The minimum atomic E-state index is -0.744. The summed E-state index contributed by atoms with van der Waals surface area (Å²) in [6.07, 6.45) is 3.86. The first-order valence-corrected chi connectivity index (χ1v) is 11.3. The number of urea groups is 1. The van der Waals surface area contributed by atoms with Crippen molar-refractivity contribution in [2.45, 2.75) is 38.1 Å². The van der Waals surface area contributed by atoms with Gasteiger partial charge in [0.2, 0.25) is 5.91 Å². The van der Waals surface area contributed by atoms with E-state index >= 15 is 0 Å². The molecule has 3 amide bonds. The Morgan fingerprint density at radius 1 is 1.13 bits per heavy atom. The molecule has 31 heavy (non-hydrogen) atoms. The molecule has 0 fully saturated rings.